The van der Waals surface area contributed by atoms with Gasteiger partial charge in [-0.15, -0.1) is 0 Å². The van der Waals surface area contributed by atoms with Crippen LogP contribution in [0.2, 0.25) is 5.02 Å². The van der Waals surface area contributed by atoms with Gasteiger partial charge < -0.3 is 9.64 Å². The van der Waals surface area contributed by atoms with Crippen LogP contribution in [0.1, 0.15) is 30.1 Å². The Morgan fingerprint density at radius 3 is 2.86 bits per heavy atom. The third-order valence-electron chi connectivity index (χ3n) is 5.28. The number of ether oxygens (including phenoxy) is 1. The molecule has 3 aromatic rings. The number of likely N-dealkylation sites (tertiary alicyclic amines) is 1. The molecule has 0 saturated carbocycles. The molecule has 1 fully saturated rings. The fourth-order valence-corrected chi connectivity index (χ4v) is 3.84. The number of aromatic amines is 1. The van der Waals surface area contributed by atoms with Crippen molar-refractivity contribution in [3.63, 3.8) is 0 Å². The van der Waals surface area contributed by atoms with E-state index in [1.807, 2.05) is 36.5 Å². The van der Waals surface area contributed by atoms with Crippen LogP contribution >= 0.6 is 11.6 Å². The number of nitrogens with zero attached hydrogens (tertiary/aromatic N) is 4. The molecule has 2 aromatic heterocycles. The lowest BCUT2D eigenvalue weighted by molar-refractivity contribution is 0.211. The van der Waals surface area contributed by atoms with Crippen LogP contribution in [-0.2, 0) is 6.42 Å². The first-order chi connectivity index (χ1) is 13.7. The molecule has 0 aliphatic carbocycles. The first kappa shape index (κ1) is 18.9. The Morgan fingerprint density at radius 2 is 2.07 bits per heavy atom. The van der Waals surface area contributed by atoms with Gasteiger partial charge in [-0.05, 0) is 56.1 Å². The number of halogens is 1. The molecule has 0 unspecified atom stereocenters. The van der Waals surface area contributed by atoms with Crippen LogP contribution in [0.25, 0.3) is 11.4 Å². The Morgan fingerprint density at radius 1 is 1.21 bits per heavy atom. The predicted molar refractivity (Wildman–Crippen MR) is 110 cm³/mol. The number of H-pyrrole nitrogens is 1. The highest BCUT2D eigenvalue weighted by Gasteiger charge is 2.23. The van der Waals surface area contributed by atoms with Crippen LogP contribution in [0.3, 0.4) is 0 Å². The molecule has 7 heteroatoms. The minimum absolute atomic E-state index is 0.428. The van der Waals surface area contributed by atoms with E-state index in [0.29, 0.717) is 22.6 Å². The van der Waals surface area contributed by atoms with E-state index in [9.17, 15) is 0 Å². The highest BCUT2D eigenvalue weighted by atomic mass is 35.5. The minimum Gasteiger partial charge on any atom is -0.481 e. The molecule has 3 heterocycles. The SMILES string of the molecule is COc1cc(CCN2CCC(c3nc(-c4cccc(Cl)c4)n[nH]3)CC2)ccn1. The number of benzene rings is 1. The largest absolute Gasteiger partial charge is 0.481 e. The van der Waals surface area contributed by atoms with Gasteiger partial charge in [0.05, 0.1) is 7.11 Å². The summed E-state index contributed by atoms with van der Waals surface area (Å²) < 4.78 is 5.20. The van der Waals surface area contributed by atoms with Crippen molar-refractivity contribution in [3.05, 3.63) is 59.0 Å². The van der Waals surface area contributed by atoms with Crippen molar-refractivity contribution >= 4 is 11.6 Å². The number of methoxy groups -OCH3 is 1. The monoisotopic (exact) mass is 397 g/mol. The molecule has 1 saturated heterocycles. The molecule has 6 nitrogen and oxygen atoms in total. The van der Waals surface area contributed by atoms with Gasteiger partial charge in [-0.3, -0.25) is 5.10 Å². The summed E-state index contributed by atoms with van der Waals surface area (Å²) in [5.41, 5.74) is 2.20. The van der Waals surface area contributed by atoms with Crippen molar-refractivity contribution in [2.24, 2.45) is 0 Å². The van der Waals surface area contributed by atoms with Crippen LogP contribution < -0.4 is 4.74 Å². The number of pyridine rings is 1. The maximum absolute atomic E-state index is 6.08. The Balaban J connectivity index is 1.30. The number of piperidine rings is 1. The Labute approximate surface area is 169 Å². The van der Waals surface area contributed by atoms with Crippen LogP contribution in [-0.4, -0.2) is 51.8 Å². The fourth-order valence-electron chi connectivity index (χ4n) is 3.65. The van der Waals surface area contributed by atoms with E-state index in [0.717, 1.165) is 50.3 Å². The molecular weight excluding hydrogens is 374 g/mol. The van der Waals surface area contributed by atoms with Gasteiger partial charge in [0.25, 0.3) is 0 Å². The summed E-state index contributed by atoms with van der Waals surface area (Å²) >= 11 is 6.08. The lowest BCUT2D eigenvalue weighted by atomic mass is 9.96. The second-order valence-electron chi connectivity index (χ2n) is 7.13. The predicted octanol–water partition coefficient (Wildman–Crippen LogP) is 3.95. The molecule has 1 N–H and O–H groups in total. The molecular formula is C21H24ClN5O. The molecule has 0 atom stereocenters. The lowest BCUT2D eigenvalue weighted by Crippen LogP contribution is -2.34. The van der Waals surface area contributed by atoms with Gasteiger partial charge in [-0.1, -0.05) is 23.7 Å². The Bertz CT molecular complexity index is 920. The Kier molecular flexibility index (Phi) is 5.88. The minimum atomic E-state index is 0.428. The Hall–Kier alpha value is -2.44. The van der Waals surface area contributed by atoms with Crippen LogP contribution in [0.4, 0.5) is 0 Å². The van der Waals surface area contributed by atoms with Gasteiger partial charge in [0.15, 0.2) is 5.82 Å². The quantitative estimate of drug-likeness (QED) is 0.682. The van der Waals surface area contributed by atoms with Crippen LogP contribution in [0, 0.1) is 0 Å². The summed E-state index contributed by atoms with van der Waals surface area (Å²) in [4.78, 5) is 11.4. The molecule has 0 bridgehead atoms. The average molecular weight is 398 g/mol. The van der Waals surface area contributed by atoms with Gasteiger partial charge in [0.1, 0.15) is 5.82 Å². The summed E-state index contributed by atoms with van der Waals surface area (Å²) in [6.45, 7) is 3.18. The van der Waals surface area contributed by atoms with E-state index in [-0.39, 0.29) is 0 Å². The number of hydrogen-bond donors (Lipinski definition) is 1. The van der Waals surface area contributed by atoms with Crippen molar-refractivity contribution in [3.8, 4) is 17.3 Å². The maximum atomic E-state index is 6.08. The lowest BCUT2D eigenvalue weighted by Gasteiger charge is -2.30. The van der Waals surface area contributed by atoms with Gasteiger partial charge in [0, 0.05) is 35.3 Å². The summed E-state index contributed by atoms with van der Waals surface area (Å²) in [7, 11) is 1.65. The highest BCUT2D eigenvalue weighted by Crippen LogP contribution is 2.27. The van der Waals surface area contributed by atoms with E-state index in [1.165, 1.54) is 5.56 Å². The number of rotatable bonds is 6. The van der Waals surface area contributed by atoms with Crippen molar-refractivity contribution in [1.82, 2.24) is 25.1 Å². The first-order valence-electron chi connectivity index (χ1n) is 9.61. The summed E-state index contributed by atoms with van der Waals surface area (Å²) in [6.07, 6.45) is 4.99. The van der Waals surface area contributed by atoms with Crippen molar-refractivity contribution < 1.29 is 4.74 Å². The van der Waals surface area contributed by atoms with Crippen LogP contribution in [0.5, 0.6) is 5.88 Å². The van der Waals surface area contributed by atoms with E-state index in [4.69, 9.17) is 21.3 Å². The van der Waals surface area contributed by atoms with E-state index < -0.39 is 0 Å². The summed E-state index contributed by atoms with van der Waals surface area (Å²) in [6, 6.07) is 11.7. The van der Waals surface area contributed by atoms with E-state index >= 15 is 0 Å². The van der Waals surface area contributed by atoms with Crippen molar-refractivity contribution in [2.75, 3.05) is 26.7 Å². The second kappa shape index (κ2) is 8.71. The fraction of sp³-hybridized carbons (Fsp3) is 0.381. The highest BCUT2D eigenvalue weighted by molar-refractivity contribution is 6.30. The normalized spacial score (nSPS) is 15.6. The molecule has 146 valence electrons. The first-order valence-corrected chi connectivity index (χ1v) is 9.98. The van der Waals surface area contributed by atoms with Gasteiger partial charge in [-0.2, -0.15) is 5.10 Å². The molecule has 0 radical (unpaired) electrons. The smallest absolute Gasteiger partial charge is 0.213 e. The third-order valence-corrected chi connectivity index (χ3v) is 5.52. The summed E-state index contributed by atoms with van der Waals surface area (Å²) in [5, 5.41) is 8.22. The van der Waals surface area contributed by atoms with Crippen molar-refractivity contribution in [1.29, 1.82) is 0 Å². The number of hydrogen-bond acceptors (Lipinski definition) is 5. The molecule has 1 aromatic carbocycles. The number of nitrogens with one attached hydrogen (secondary N) is 1. The van der Waals surface area contributed by atoms with Crippen LogP contribution in [0.15, 0.2) is 42.6 Å². The van der Waals surface area contributed by atoms with E-state index in [2.05, 4.69) is 26.1 Å². The number of aromatic nitrogens is 4. The topological polar surface area (TPSA) is 66.9 Å². The van der Waals surface area contributed by atoms with Crippen molar-refractivity contribution in [2.45, 2.75) is 25.2 Å². The van der Waals surface area contributed by atoms with E-state index in [1.54, 1.807) is 7.11 Å². The zero-order chi connectivity index (χ0) is 19.3. The van der Waals surface area contributed by atoms with Gasteiger partial charge in [-0.25, -0.2) is 9.97 Å². The molecule has 0 amide bonds. The second-order valence-corrected chi connectivity index (χ2v) is 7.56. The average Bonchev–Trinajstić information content (AvgIpc) is 3.23. The zero-order valence-electron chi connectivity index (χ0n) is 15.9. The maximum Gasteiger partial charge on any atom is 0.213 e. The standard InChI is InChI=1S/C21H24ClN5O/c1-28-19-13-15(5-9-23-19)6-10-27-11-7-16(8-12-27)20-24-21(26-25-20)17-3-2-4-18(22)14-17/h2-5,9,13-14,16H,6-8,10-12H2,1H3,(H,24,25,26). The molecule has 1 aliphatic rings. The van der Waals surface area contributed by atoms with Gasteiger partial charge in [0.2, 0.25) is 5.88 Å². The third kappa shape index (κ3) is 4.51. The summed E-state index contributed by atoms with van der Waals surface area (Å²) in [5.74, 6) is 2.80. The molecule has 0 spiro atoms. The molecule has 1 aliphatic heterocycles. The molecule has 4 rings (SSSR count). The van der Waals surface area contributed by atoms with Gasteiger partial charge >= 0.3 is 0 Å². The zero-order valence-corrected chi connectivity index (χ0v) is 16.7. The molecule has 28 heavy (non-hydrogen) atoms.